The summed E-state index contributed by atoms with van der Waals surface area (Å²) in [6.07, 6.45) is 4.87. The largest absolute Gasteiger partial charge is 0.336 e. The van der Waals surface area contributed by atoms with Crippen LogP contribution in [0.2, 0.25) is 0 Å². The zero-order valence-corrected chi connectivity index (χ0v) is 17.5. The molecule has 3 aromatic rings. The normalized spacial score (nSPS) is 18.4. The van der Waals surface area contributed by atoms with Crippen molar-refractivity contribution in [3.05, 3.63) is 63.6 Å². The van der Waals surface area contributed by atoms with Gasteiger partial charge in [0.05, 0.1) is 10.7 Å². The summed E-state index contributed by atoms with van der Waals surface area (Å²) in [5, 5.41) is 11.8. The van der Waals surface area contributed by atoms with Crippen LogP contribution in [0, 0.1) is 6.92 Å². The minimum atomic E-state index is -0.132. The molecule has 29 heavy (non-hydrogen) atoms. The molecular formula is C22H25N5OS. The van der Waals surface area contributed by atoms with Crippen molar-refractivity contribution >= 4 is 17.2 Å². The number of hydrogen-bond donors (Lipinski definition) is 0. The van der Waals surface area contributed by atoms with Gasteiger partial charge in [-0.05, 0) is 38.2 Å². The van der Waals surface area contributed by atoms with Crippen molar-refractivity contribution in [2.24, 2.45) is 0 Å². The number of benzene rings is 1. The van der Waals surface area contributed by atoms with Crippen molar-refractivity contribution in [2.45, 2.75) is 51.0 Å². The molecule has 0 atom stereocenters. The molecule has 150 valence electrons. The van der Waals surface area contributed by atoms with Gasteiger partial charge in [-0.15, -0.1) is 21.5 Å². The molecular weight excluding hydrogens is 382 g/mol. The zero-order chi connectivity index (χ0) is 19.8. The molecule has 0 radical (unpaired) electrons. The SMILES string of the molecule is Cc1nc(C2(c3ccccc3)CCN(C(=O)c3nnc4n3CCCC4)CC2)cs1. The summed E-state index contributed by atoms with van der Waals surface area (Å²) < 4.78 is 2.02. The van der Waals surface area contributed by atoms with E-state index in [1.54, 1.807) is 11.3 Å². The van der Waals surface area contributed by atoms with E-state index in [1.165, 1.54) is 5.56 Å². The lowest BCUT2D eigenvalue weighted by molar-refractivity contribution is 0.0665. The van der Waals surface area contributed by atoms with Crippen LogP contribution in [0.5, 0.6) is 0 Å². The molecule has 2 aromatic heterocycles. The number of amides is 1. The second-order valence-electron chi connectivity index (χ2n) is 8.04. The standard InChI is InChI=1S/C22H25N5OS/c1-16-23-18(15-29-16)22(17-7-3-2-4-8-17)10-13-26(14-11-22)21(28)20-25-24-19-9-5-6-12-27(19)20/h2-4,7-8,15H,5-6,9-14H2,1H3. The van der Waals surface area contributed by atoms with Crippen LogP contribution < -0.4 is 0 Å². The number of carbonyl (C=O) groups is 1. The van der Waals surface area contributed by atoms with Gasteiger partial charge in [0.15, 0.2) is 0 Å². The maximum absolute atomic E-state index is 13.2. The predicted molar refractivity (Wildman–Crippen MR) is 112 cm³/mol. The van der Waals surface area contributed by atoms with Crippen LogP contribution >= 0.6 is 11.3 Å². The number of carbonyl (C=O) groups excluding carboxylic acids is 1. The number of fused-ring (bicyclic) bond motifs is 1. The third kappa shape index (κ3) is 3.17. The highest BCUT2D eigenvalue weighted by Gasteiger charge is 2.41. The molecule has 0 unspecified atom stereocenters. The number of aryl methyl sites for hydroxylation is 2. The van der Waals surface area contributed by atoms with Gasteiger partial charge in [-0.3, -0.25) is 4.79 Å². The van der Waals surface area contributed by atoms with Crippen LogP contribution in [-0.4, -0.2) is 43.6 Å². The first kappa shape index (κ1) is 18.5. The highest BCUT2D eigenvalue weighted by atomic mass is 32.1. The van der Waals surface area contributed by atoms with Crippen molar-refractivity contribution in [3.63, 3.8) is 0 Å². The van der Waals surface area contributed by atoms with Gasteiger partial charge in [0.25, 0.3) is 5.91 Å². The molecule has 7 heteroatoms. The fourth-order valence-corrected chi connectivity index (χ4v) is 5.44. The number of aromatic nitrogens is 4. The summed E-state index contributed by atoms with van der Waals surface area (Å²) in [6.45, 7) is 4.31. The minimum absolute atomic E-state index is 0.0155. The van der Waals surface area contributed by atoms with Crippen molar-refractivity contribution in [3.8, 4) is 0 Å². The molecule has 0 N–H and O–H groups in total. The van der Waals surface area contributed by atoms with E-state index in [-0.39, 0.29) is 11.3 Å². The van der Waals surface area contributed by atoms with Crippen LogP contribution in [0.1, 0.15) is 58.4 Å². The summed E-state index contributed by atoms with van der Waals surface area (Å²) in [7, 11) is 0. The second kappa shape index (κ2) is 7.37. The topological polar surface area (TPSA) is 63.9 Å². The Labute approximate surface area is 174 Å². The lowest BCUT2D eigenvalue weighted by atomic mass is 9.70. The Morgan fingerprint density at radius 2 is 1.86 bits per heavy atom. The van der Waals surface area contributed by atoms with Crippen LogP contribution in [0.4, 0.5) is 0 Å². The van der Waals surface area contributed by atoms with Gasteiger partial charge in [-0.1, -0.05) is 30.3 Å². The number of piperidine rings is 1. The van der Waals surface area contributed by atoms with Crippen molar-refractivity contribution in [1.82, 2.24) is 24.6 Å². The lowest BCUT2D eigenvalue weighted by Gasteiger charge is -2.41. The highest BCUT2D eigenvalue weighted by Crippen LogP contribution is 2.42. The summed E-state index contributed by atoms with van der Waals surface area (Å²) in [5.41, 5.74) is 2.29. The van der Waals surface area contributed by atoms with E-state index in [4.69, 9.17) is 4.98 Å². The van der Waals surface area contributed by atoms with Gasteiger partial charge in [0, 0.05) is 36.9 Å². The van der Waals surface area contributed by atoms with Crippen molar-refractivity contribution < 1.29 is 4.79 Å². The monoisotopic (exact) mass is 407 g/mol. The van der Waals surface area contributed by atoms with E-state index in [0.29, 0.717) is 18.9 Å². The zero-order valence-electron chi connectivity index (χ0n) is 16.7. The first-order valence-electron chi connectivity index (χ1n) is 10.4. The fraction of sp³-hybridized carbons (Fsp3) is 0.455. The fourth-order valence-electron chi connectivity index (χ4n) is 4.73. The lowest BCUT2D eigenvalue weighted by Crippen LogP contribution is -2.46. The maximum atomic E-state index is 13.2. The Hall–Kier alpha value is -2.54. The van der Waals surface area contributed by atoms with Crippen LogP contribution in [0.3, 0.4) is 0 Å². The predicted octanol–water partition coefficient (Wildman–Crippen LogP) is 3.60. The first-order chi connectivity index (χ1) is 14.2. The quantitative estimate of drug-likeness (QED) is 0.665. The number of nitrogens with zero attached hydrogens (tertiary/aromatic N) is 5. The number of rotatable bonds is 3. The third-order valence-electron chi connectivity index (χ3n) is 6.39. The molecule has 0 bridgehead atoms. The number of hydrogen-bond acceptors (Lipinski definition) is 5. The Morgan fingerprint density at radius 3 is 2.59 bits per heavy atom. The maximum Gasteiger partial charge on any atom is 0.291 e. The molecule has 0 spiro atoms. The average Bonchev–Trinajstić information content (AvgIpc) is 3.40. The number of thiazole rings is 1. The molecule has 2 aliphatic rings. The highest BCUT2D eigenvalue weighted by molar-refractivity contribution is 7.09. The van der Waals surface area contributed by atoms with E-state index in [9.17, 15) is 4.79 Å². The summed E-state index contributed by atoms with van der Waals surface area (Å²) in [4.78, 5) is 20.0. The molecule has 0 saturated carbocycles. The van der Waals surface area contributed by atoms with Crippen LogP contribution in [-0.2, 0) is 18.4 Å². The summed E-state index contributed by atoms with van der Waals surface area (Å²) in [5.74, 6) is 1.48. The first-order valence-corrected chi connectivity index (χ1v) is 11.2. The van der Waals surface area contributed by atoms with Gasteiger partial charge in [-0.2, -0.15) is 0 Å². The molecule has 1 saturated heterocycles. The Balaban J connectivity index is 1.41. The van der Waals surface area contributed by atoms with Crippen LogP contribution in [0.15, 0.2) is 35.7 Å². The second-order valence-corrected chi connectivity index (χ2v) is 9.10. The number of likely N-dealkylation sites (tertiary alicyclic amines) is 1. The van der Waals surface area contributed by atoms with Crippen LogP contribution in [0.25, 0.3) is 0 Å². The van der Waals surface area contributed by atoms with Gasteiger partial charge in [0.2, 0.25) is 5.82 Å². The van der Waals surface area contributed by atoms with E-state index < -0.39 is 0 Å². The van der Waals surface area contributed by atoms with Crippen molar-refractivity contribution in [2.75, 3.05) is 13.1 Å². The molecule has 0 aliphatic carbocycles. The third-order valence-corrected chi connectivity index (χ3v) is 7.16. The molecule has 5 rings (SSSR count). The summed E-state index contributed by atoms with van der Waals surface area (Å²) >= 11 is 1.70. The Morgan fingerprint density at radius 1 is 1.07 bits per heavy atom. The molecule has 1 aromatic carbocycles. The van der Waals surface area contributed by atoms with Gasteiger partial charge in [0.1, 0.15) is 5.82 Å². The Bertz CT molecular complexity index is 1020. The van der Waals surface area contributed by atoms with Gasteiger partial charge >= 0.3 is 0 Å². The van der Waals surface area contributed by atoms with E-state index >= 15 is 0 Å². The molecule has 1 amide bonds. The van der Waals surface area contributed by atoms with E-state index in [2.05, 4.69) is 52.8 Å². The molecule has 6 nitrogen and oxygen atoms in total. The van der Waals surface area contributed by atoms with Gasteiger partial charge in [-0.25, -0.2) is 4.98 Å². The molecule has 1 fully saturated rings. The van der Waals surface area contributed by atoms with Gasteiger partial charge < -0.3 is 9.47 Å². The van der Waals surface area contributed by atoms with E-state index in [0.717, 1.165) is 55.2 Å². The van der Waals surface area contributed by atoms with E-state index in [1.807, 2.05) is 9.47 Å². The smallest absolute Gasteiger partial charge is 0.291 e. The minimum Gasteiger partial charge on any atom is -0.336 e. The molecule has 4 heterocycles. The van der Waals surface area contributed by atoms with Crippen molar-refractivity contribution in [1.29, 1.82) is 0 Å². The average molecular weight is 408 g/mol. The summed E-state index contributed by atoms with van der Waals surface area (Å²) in [6, 6.07) is 10.6. The molecule has 2 aliphatic heterocycles. The Kier molecular flexibility index (Phi) is 4.70.